The largest absolute Gasteiger partial charge is 0.387 e. The van der Waals surface area contributed by atoms with Crippen molar-refractivity contribution in [3.8, 4) is 0 Å². The molecule has 2 aliphatic rings. The predicted molar refractivity (Wildman–Crippen MR) is 80.0 cm³/mol. The van der Waals surface area contributed by atoms with Crippen molar-refractivity contribution in [2.75, 3.05) is 0 Å². The highest BCUT2D eigenvalue weighted by Crippen LogP contribution is 2.54. The van der Waals surface area contributed by atoms with Crippen LogP contribution in [0.4, 0.5) is 0 Å². The lowest BCUT2D eigenvalue weighted by atomic mass is 9.81. The molecule has 0 spiro atoms. The van der Waals surface area contributed by atoms with Gasteiger partial charge in [0.2, 0.25) is 0 Å². The van der Waals surface area contributed by atoms with Crippen LogP contribution in [0.25, 0.3) is 21.5 Å². The van der Waals surface area contributed by atoms with E-state index >= 15 is 0 Å². The summed E-state index contributed by atoms with van der Waals surface area (Å²) in [5, 5.41) is 25.1. The van der Waals surface area contributed by atoms with Crippen LogP contribution in [0.5, 0.6) is 0 Å². The second kappa shape index (κ2) is 3.83. The standard InChI is InChI=1S/C18H14O3/c19-15-13-11-7-3-1-5-9(11)10-6-2-4-8-12(10)14(13)17-18(21-17)16(15)20/h1-8,15-20H/t15-,16+,17+,18-/m1/s1. The molecule has 1 heterocycles. The summed E-state index contributed by atoms with van der Waals surface area (Å²) >= 11 is 0. The van der Waals surface area contributed by atoms with Gasteiger partial charge in [-0.05, 0) is 32.7 Å². The van der Waals surface area contributed by atoms with Crippen molar-refractivity contribution in [2.24, 2.45) is 0 Å². The molecule has 3 nitrogen and oxygen atoms in total. The van der Waals surface area contributed by atoms with Crippen LogP contribution in [0.1, 0.15) is 23.3 Å². The van der Waals surface area contributed by atoms with Gasteiger partial charge in [0, 0.05) is 0 Å². The second-order valence-electron chi connectivity index (χ2n) is 5.88. The summed E-state index contributed by atoms with van der Waals surface area (Å²) in [5.41, 5.74) is 1.88. The summed E-state index contributed by atoms with van der Waals surface area (Å²) in [6.45, 7) is 0. The molecule has 4 atom stereocenters. The maximum absolute atomic E-state index is 10.6. The molecule has 3 aromatic carbocycles. The Balaban J connectivity index is 2.03. The van der Waals surface area contributed by atoms with E-state index in [1.165, 1.54) is 5.39 Å². The number of hydrogen-bond acceptors (Lipinski definition) is 3. The van der Waals surface area contributed by atoms with Gasteiger partial charge in [-0.1, -0.05) is 48.5 Å². The molecule has 1 aliphatic carbocycles. The molecule has 21 heavy (non-hydrogen) atoms. The molecule has 1 saturated heterocycles. The highest BCUT2D eigenvalue weighted by atomic mass is 16.6. The molecule has 0 bridgehead atoms. The Labute approximate surface area is 121 Å². The average molecular weight is 278 g/mol. The monoisotopic (exact) mass is 278 g/mol. The quantitative estimate of drug-likeness (QED) is 0.491. The van der Waals surface area contributed by atoms with Gasteiger partial charge in [-0.15, -0.1) is 0 Å². The normalized spacial score (nSPS) is 30.2. The number of benzene rings is 3. The molecule has 1 fully saturated rings. The first kappa shape index (κ1) is 11.7. The zero-order valence-corrected chi connectivity index (χ0v) is 11.2. The molecule has 3 heteroatoms. The SMILES string of the molecule is O[C@@H]1[C@H]2O[C@H]2c2c(c3ccccc3c3ccccc23)[C@H]1O. The molecular weight excluding hydrogens is 264 g/mol. The molecule has 0 amide bonds. The summed E-state index contributed by atoms with van der Waals surface area (Å²) in [6.07, 6.45) is -2.09. The van der Waals surface area contributed by atoms with Gasteiger partial charge in [-0.25, -0.2) is 0 Å². The second-order valence-corrected chi connectivity index (χ2v) is 5.88. The minimum absolute atomic E-state index is 0.0899. The number of aliphatic hydroxyl groups excluding tert-OH is 2. The van der Waals surface area contributed by atoms with Gasteiger partial charge in [0.25, 0.3) is 0 Å². The smallest absolute Gasteiger partial charge is 0.118 e. The molecule has 1 aliphatic heterocycles. The van der Waals surface area contributed by atoms with Crippen molar-refractivity contribution < 1.29 is 14.9 Å². The lowest BCUT2D eigenvalue weighted by Crippen LogP contribution is -2.29. The maximum atomic E-state index is 10.6. The van der Waals surface area contributed by atoms with Crippen molar-refractivity contribution in [2.45, 2.75) is 24.4 Å². The van der Waals surface area contributed by atoms with E-state index in [1.54, 1.807) is 0 Å². The lowest BCUT2D eigenvalue weighted by molar-refractivity contribution is 0.000927. The number of epoxide rings is 1. The van der Waals surface area contributed by atoms with E-state index in [0.717, 1.165) is 27.3 Å². The number of ether oxygens (including phenoxy) is 1. The molecule has 3 aromatic rings. The molecule has 0 unspecified atom stereocenters. The van der Waals surface area contributed by atoms with Gasteiger partial charge in [0.05, 0.1) is 0 Å². The zero-order chi connectivity index (χ0) is 14.1. The maximum Gasteiger partial charge on any atom is 0.118 e. The molecule has 5 rings (SSSR count). The van der Waals surface area contributed by atoms with E-state index in [9.17, 15) is 10.2 Å². The van der Waals surface area contributed by atoms with E-state index in [-0.39, 0.29) is 12.2 Å². The van der Waals surface area contributed by atoms with E-state index in [1.807, 2.05) is 30.3 Å². The Bertz CT molecular complexity index is 886. The van der Waals surface area contributed by atoms with E-state index in [2.05, 4.69) is 18.2 Å². The number of fused-ring (bicyclic) bond motifs is 8. The molecule has 2 N–H and O–H groups in total. The Hall–Kier alpha value is -1.94. The predicted octanol–water partition coefficient (Wildman–Crippen LogP) is 2.84. The van der Waals surface area contributed by atoms with Crippen molar-refractivity contribution in [3.05, 3.63) is 59.7 Å². The van der Waals surface area contributed by atoms with Crippen LogP contribution in [-0.4, -0.2) is 22.4 Å². The van der Waals surface area contributed by atoms with Gasteiger partial charge in [-0.2, -0.15) is 0 Å². The fourth-order valence-corrected chi connectivity index (χ4v) is 3.79. The third-order valence-corrected chi connectivity index (χ3v) is 4.78. The first-order valence-electron chi connectivity index (χ1n) is 7.22. The van der Waals surface area contributed by atoms with Crippen LogP contribution in [0.15, 0.2) is 48.5 Å². The minimum Gasteiger partial charge on any atom is -0.387 e. The summed E-state index contributed by atoms with van der Waals surface area (Å²) in [7, 11) is 0. The van der Waals surface area contributed by atoms with Crippen LogP contribution in [-0.2, 0) is 4.74 Å². The van der Waals surface area contributed by atoms with Crippen LogP contribution in [0.3, 0.4) is 0 Å². The topological polar surface area (TPSA) is 53.0 Å². The highest BCUT2D eigenvalue weighted by molar-refractivity contribution is 6.11. The summed E-state index contributed by atoms with van der Waals surface area (Å²) in [4.78, 5) is 0. The van der Waals surface area contributed by atoms with Crippen molar-refractivity contribution in [1.29, 1.82) is 0 Å². The van der Waals surface area contributed by atoms with Gasteiger partial charge < -0.3 is 14.9 Å². The average Bonchev–Trinajstić information content (AvgIpc) is 3.32. The van der Waals surface area contributed by atoms with Gasteiger partial charge in [0.15, 0.2) is 0 Å². The van der Waals surface area contributed by atoms with Crippen LogP contribution >= 0.6 is 0 Å². The number of hydrogen-bond donors (Lipinski definition) is 2. The molecule has 104 valence electrons. The van der Waals surface area contributed by atoms with Crippen molar-refractivity contribution in [1.82, 2.24) is 0 Å². The summed E-state index contributed by atoms with van der Waals surface area (Å²) in [5.74, 6) is 0. The molecule has 0 saturated carbocycles. The van der Waals surface area contributed by atoms with Crippen LogP contribution < -0.4 is 0 Å². The van der Waals surface area contributed by atoms with E-state index in [4.69, 9.17) is 4.74 Å². The van der Waals surface area contributed by atoms with E-state index in [0.29, 0.717) is 0 Å². The Morgan fingerprint density at radius 3 is 1.86 bits per heavy atom. The van der Waals surface area contributed by atoms with Crippen LogP contribution in [0, 0.1) is 0 Å². The summed E-state index contributed by atoms with van der Waals surface area (Å²) in [6, 6.07) is 16.3. The fourth-order valence-electron chi connectivity index (χ4n) is 3.79. The third kappa shape index (κ3) is 1.38. The fraction of sp³-hybridized carbons (Fsp3) is 0.222. The number of aliphatic hydroxyl groups is 2. The molecular formula is C18H14O3. The van der Waals surface area contributed by atoms with Gasteiger partial charge in [-0.3, -0.25) is 0 Å². The first-order chi connectivity index (χ1) is 10.3. The number of rotatable bonds is 0. The Morgan fingerprint density at radius 2 is 1.24 bits per heavy atom. The van der Waals surface area contributed by atoms with Crippen molar-refractivity contribution >= 4 is 21.5 Å². The first-order valence-corrected chi connectivity index (χ1v) is 7.22. The Morgan fingerprint density at radius 1 is 0.714 bits per heavy atom. The lowest BCUT2D eigenvalue weighted by Gasteiger charge is -2.26. The Kier molecular flexibility index (Phi) is 2.13. The van der Waals surface area contributed by atoms with E-state index < -0.39 is 12.2 Å². The highest BCUT2D eigenvalue weighted by Gasteiger charge is 2.54. The van der Waals surface area contributed by atoms with Gasteiger partial charge >= 0.3 is 0 Å². The molecule has 0 aromatic heterocycles. The van der Waals surface area contributed by atoms with Crippen LogP contribution in [0.2, 0.25) is 0 Å². The van der Waals surface area contributed by atoms with Crippen molar-refractivity contribution in [3.63, 3.8) is 0 Å². The zero-order valence-electron chi connectivity index (χ0n) is 11.2. The summed E-state index contributed by atoms with van der Waals surface area (Å²) < 4.78 is 5.63. The molecule has 0 radical (unpaired) electrons. The van der Waals surface area contributed by atoms with Gasteiger partial charge in [0.1, 0.15) is 24.4 Å². The minimum atomic E-state index is -0.891. The third-order valence-electron chi connectivity index (χ3n) is 4.78.